The first kappa shape index (κ1) is 14.6. The zero-order valence-electron chi connectivity index (χ0n) is 9.54. The highest BCUT2D eigenvalue weighted by Crippen LogP contribution is 2.29. The van der Waals surface area contributed by atoms with Crippen molar-refractivity contribution in [1.82, 2.24) is 10.3 Å². The molecular weight excluding hydrogens is 259 g/mol. The van der Waals surface area contributed by atoms with E-state index in [1.54, 1.807) is 12.4 Å². The summed E-state index contributed by atoms with van der Waals surface area (Å²) in [6.07, 6.45) is 8.90. The van der Waals surface area contributed by atoms with Crippen molar-refractivity contribution in [3.63, 3.8) is 0 Å². The summed E-state index contributed by atoms with van der Waals surface area (Å²) in [5.41, 5.74) is 0. The number of hydrogen-bond donors (Lipinski definition) is 1. The van der Waals surface area contributed by atoms with E-state index in [4.69, 9.17) is 4.74 Å². The van der Waals surface area contributed by atoms with Crippen molar-refractivity contribution in [2.24, 2.45) is 0 Å². The molecule has 2 aliphatic rings. The third-order valence-electron chi connectivity index (χ3n) is 3.38. The molecule has 2 aliphatic heterocycles. The molecule has 2 fully saturated rings. The Bertz CT molecular complexity index is 325. The van der Waals surface area contributed by atoms with Crippen LogP contribution in [0.3, 0.4) is 0 Å². The predicted octanol–water partition coefficient (Wildman–Crippen LogP) is 2.59. The molecule has 1 aromatic heterocycles. The summed E-state index contributed by atoms with van der Waals surface area (Å²) >= 11 is 0. The fourth-order valence-corrected chi connectivity index (χ4v) is 2.71. The molecule has 3 rings (SSSR count). The summed E-state index contributed by atoms with van der Waals surface area (Å²) in [5.74, 6) is 0.955. The van der Waals surface area contributed by atoms with E-state index < -0.39 is 0 Å². The second-order valence-electron chi connectivity index (χ2n) is 4.53. The minimum Gasteiger partial charge on any atom is -0.490 e. The Hall–Kier alpha value is -0.510. The molecule has 0 amide bonds. The number of rotatable bonds is 2. The Morgan fingerprint density at radius 3 is 2.24 bits per heavy atom. The van der Waals surface area contributed by atoms with E-state index in [1.165, 1.54) is 12.8 Å². The van der Waals surface area contributed by atoms with Gasteiger partial charge in [-0.15, -0.1) is 24.8 Å². The van der Waals surface area contributed by atoms with Gasteiger partial charge in [0.15, 0.2) is 0 Å². The number of halogens is 2. The van der Waals surface area contributed by atoms with E-state index in [-0.39, 0.29) is 24.8 Å². The Kier molecular flexibility index (Phi) is 5.50. The average Bonchev–Trinajstić information content (AvgIpc) is 2.60. The second kappa shape index (κ2) is 6.43. The molecular formula is C12H18Cl2N2O. The first-order valence-electron chi connectivity index (χ1n) is 5.73. The van der Waals surface area contributed by atoms with Gasteiger partial charge in [-0.25, -0.2) is 0 Å². The predicted molar refractivity (Wildman–Crippen MR) is 72.3 cm³/mol. The molecule has 0 aliphatic carbocycles. The first-order valence-corrected chi connectivity index (χ1v) is 5.73. The van der Waals surface area contributed by atoms with Crippen LogP contribution >= 0.6 is 24.8 Å². The summed E-state index contributed by atoms with van der Waals surface area (Å²) in [7, 11) is 0. The zero-order valence-corrected chi connectivity index (χ0v) is 11.2. The highest BCUT2D eigenvalue weighted by Gasteiger charge is 2.34. The van der Waals surface area contributed by atoms with Gasteiger partial charge in [0.2, 0.25) is 0 Å². The van der Waals surface area contributed by atoms with E-state index in [2.05, 4.69) is 10.3 Å². The van der Waals surface area contributed by atoms with Crippen molar-refractivity contribution < 1.29 is 4.74 Å². The van der Waals surface area contributed by atoms with Crippen molar-refractivity contribution in [1.29, 1.82) is 0 Å². The van der Waals surface area contributed by atoms with Gasteiger partial charge >= 0.3 is 0 Å². The van der Waals surface area contributed by atoms with Gasteiger partial charge in [0.25, 0.3) is 0 Å². The average molecular weight is 277 g/mol. The third-order valence-corrected chi connectivity index (χ3v) is 3.38. The van der Waals surface area contributed by atoms with Crippen LogP contribution in [0.5, 0.6) is 5.75 Å². The van der Waals surface area contributed by atoms with E-state index >= 15 is 0 Å². The maximum atomic E-state index is 5.96. The van der Waals surface area contributed by atoms with Crippen LogP contribution in [0, 0.1) is 0 Å². The molecule has 0 spiro atoms. The van der Waals surface area contributed by atoms with Crippen LogP contribution in [0.2, 0.25) is 0 Å². The molecule has 0 saturated carbocycles. The second-order valence-corrected chi connectivity index (χ2v) is 4.53. The Balaban J connectivity index is 0.000000722. The summed E-state index contributed by atoms with van der Waals surface area (Å²) < 4.78 is 5.96. The maximum absolute atomic E-state index is 5.96. The lowest BCUT2D eigenvalue weighted by atomic mass is 10.0. The van der Waals surface area contributed by atoms with Gasteiger partial charge in [0.1, 0.15) is 11.9 Å². The number of piperidine rings is 1. The highest BCUT2D eigenvalue weighted by molar-refractivity contribution is 5.85. The van der Waals surface area contributed by atoms with Crippen molar-refractivity contribution in [2.45, 2.75) is 43.9 Å². The minimum absolute atomic E-state index is 0. The standard InChI is InChI=1S/C12H16N2O.2ClH/c1-2-10-8-12(7-9(1)14-10)15-11-3-5-13-6-4-11;;/h3-6,9-10,12,14H,1-2,7-8H2;2*1H. The summed E-state index contributed by atoms with van der Waals surface area (Å²) in [6, 6.07) is 5.25. The van der Waals surface area contributed by atoms with Crippen LogP contribution in [0.25, 0.3) is 0 Å². The first-order chi connectivity index (χ1) is 7.40. The van der Waals surface area contributed by atoms with Gasteiger partial charge < -0.3 is 10.1 Å². The number of ether oxygens (including phenoxy) is 1. The molecule has 3 heterocycles. The number of aromatic nitrogens is 1. The largest absolute Gasteiger partial charge is 0.490 e. The molecule has 0 aromatic carbocycles. The van der Waals surface area contributed by atoms with Gasteiger partial charge in [-0.1, -0.05) is 0 Å². The molecule has 2 saturated heterocycles. The van der Waals surface area contributed by atoms with Gasteiger partial charge in [-0.3, -0.25) is 4.98 Å². The van der Waals surface area contributed by atoms with E-state index in [1.807, 2.05) is 12.1 Å². The molecule has 0 radical (unpaired) electrons. The molecule has 3 nitrogen and oxygen atoms in total. The van der Waals surface area contributed by atoms with Crippen LogP contribution in [0.1, 0.15) is 25.7 Å². The SMILES string of the molecule is Cl.Cl.c1cc(OC2CC3CCC(C2)N3)ccn1. The molecule has 5 heteroatoms. The van der Waals surface area contributed by atoms with Gasteiger partial charge in [0.05, 0.1) is 0 Å². The Morgan fingerprint density at radius 2 is 1.65 bits per heavy atom. The molecule has 2 atom stereocenters. The highest BCUT2D eigenvalue weighted by atomic mass is 35.5. The molecule has 17 heavy (non-hydrogen) atoms. The molecule has 2 unspecified atom stereocenters. The normalized spacial score (nSPS) is 30.0. The lowest BCUT2D eigenvalue weighted by molar-refractivity contribution is 0.137. The fraction of sp³-hybridized carbons (Fsp3) is 0.583. The number of pyridine rings is 1. The van der Waals surface area contributed by atoms with Crippen molar-refractivity contribution >= 4 is 24.8 Å². The topological polar surface area (TPSA) is 34.1 Å². The quantitative estimate of drug-likeness (QED) is 0.902. The number of fused-ring (bicyclic) bond motifs is 2. The minimum atomic E-state index is 0. The van der Waals surface area contributed by atoms with E-state index in [9.17, 15) is 0 Å². The van der Waals surface area contributed by atoms with Gasteiger partial charge in [-0.05, 0) is 37.8 Å². The molecule has 2 bridgehead atoms. The lowest BCUT2D eigenvalue weighted by Gasteiger charge is -2.29. The smallest absolute Gasteiger partial charge is 0.122 e. The molecule has 1 N–H and O–H groups in total. The van der Waals surface area contributed by atoms with Gasteiger partial charge in [0, 0.05) is 24.5 Å². The van der Waals surface area contributed by atoms with Crippen LogP contribution in [-0.2, 0) is 0 Å². The molecule has 96 valence electrons. The van der Waals surface area contributed by atoms with Crippen LogP contribution in [0.15, 0.2) is 24.5 Å². The van der Waals surface area contributed by atoms with E-state index in [0.717, 1.165) is 18.6 Å². The maximum Gasteiger partial charge on any atom is 0.122 e. The summed E-state index contributed by atoms with van der Waals surface area (Å²) in [5, 5.41) is 3.61. The fourth-order valence-electron chi connectivity index (χ4n) is 2.71. The van der Waals surface area contributed by atoms with Crippen LogP contribution < -0.4 is 10.1 Å². The van der Waals surface area contributed by atoms with Crippen LogP contribution in [0.4, 0.5) is 0 Å². The Labute approximate surface area is 114 Å². The van der Waals surface area contributed by atoms with Crippen molar-refractivity contribution in [3.05, 3.63) is 24.5 Å². The number of nitrogens with zero attached hydrogens (tertiary/aromatic N) is 1. The summed E-state index contributed by atoms with van der Waals surface area (Å²) in [4.78, 5) is 3.99. The third kappa shape index (κ3) is 3.47. The lowest BCUT2D eigenvalue weighted by Crippen LogP contribution is -2.42. The van der Waals surface area contributed by atoms with Crippen molar-refractivity contribution in [2.75, 3.05) is 0 Å². The number of nitrogens with one attached hydrogen (secondary N) is 1. The number of hydrogen-bond acceptors (Lipinski definition) is 3. The summed E-state index contributed by atoms with van der Waals surface area (Å²) in [6.45, 7) is 0. The zero-order chi connectivity index (χ0) is 10.1. The monoisotopic (exact) mass is 276 g/mol. The molecule has 1 aromatic rings. The van der Waals surface area contributed by atoms with Crippen molar-refractivity contribution in [3.8, 4) is 5.75 Å². The van der Waals surface area contributed by atoms with Gasteiger partial charge in [-0.2, -0.15) is 0 Å². The van der Waals surface area contributed by atoms with E-state index in [0.29, 0.717) is 18.2 Å². The Morgan fingerprint density at radius 1 is 1.06 bits per heavy atom. The van der Waals surface area contributed by atoms with Crippen LogP contribution in [-0.4, -0.2) is 23.2 Å².